The number of amides is 1. The molecule has 1 atom stereocenters. The van der Waals surface area contributed by atoms with Crippen LogP contribution in [-0.2, 0) is 9.05 Å². The summed E-state index contributed by atoms with van der Waals surface area (Å²) < 4.78 is 23.0. The number of hydrogen-bond donors (Lipinski definition) is 1. The number of hydrogen-bond acceptors (Lipinski definition) is 3. The summed E-state index contributed by atoms with van der Waals surface area (Å²) >= 11 is 0. The molecule has 1 aromatic carbocycles. The first kappa shape index (κ1) is 16.3. The molecule has 1 aliphatic carbocycles. The van der Waals surface area contributed by atoms with Crippen molar-refractivity contribution in [1.82, 2.24) is 5.32 Å². The largest absolute Gasteiger partial charge is 0.349 e. The summed E-state index contributed by atoms with van der Waals surface area (Å²) in [5, 5.41) is 2.98. The lowest BCUT2D eigenvalue weighted by molar-refractivity contribution is 0.0932. The van der Waals surface area contributed by atoms with Crippen molar-refractivity contribution in [3.8, 4) is 0 Å². The third-order valence-corrected chi connectivity index (χ3v) is 5.32. The second-order valence-corrected chi connectivity index (χ2v) is 8.21. The fourth-order valence-electron chi connectivity index (χ4n) is 2.36. The molecule has 0 radical (unpaired) electrons. The van der Waals surface area contributed by atoms with Crippen LogP contribution in [0.4, 0.5) is 0 Å². The maximum absolute atomic E-state index is 12.3. The number of nitrogens with one attached hydrogen (secondary N) is 1. The van der Waals surface area contributed by atoms with Gasteiger partial charge in [0.1, 0.15) is 0 Å². The summed E-state index contributed by atoms with van der Waals surface area (Å²) in [6.07, 6.45) is 4.35. The zero-order chi connectivity index (χ0) is 15.6. The molecule has 116 valence electrons. The molecule has 0 saturated heterocycles. The summed E-state index contributed by atoms with van der Waals surface area (Å²) in [6, 6.07) is 4.71. The Kier molecular flexibility index (Phi) is 4.94. The van der Waals surface area contributed by atoms with E-state index in [2.05, 4.69) is 5.32 Å². The minimum atomic E-state index is -3.84. The van der Waals surface area contributed by atoms with Crippen molar-refractivity contribution < 1.29 is 13.2 Å². The van der Waals surface area contributed by atoms with Gasteiger partial charge in [0, 0.05) is 22.3 Å². The van der Waals surface area contributed by atoms with Crippen LogP contribution in [0.15, 0.2) is 23.1 Å². The second-order valence-electron chi connectivity index (χ2n) is 5.68. The van der Waals surface area contributed by atoms with Crippen LogP contribution >= 0.6 is 10.7 Å². The average molecular weight is 330 g/mol. The lowest BCUT2D eigenvalue weighted by Gasteiger charge is -2.17. The van der Waals surface area contributed by atoms with Gasteiger partial charge < -0.3 is 5.32 Å². The molecule has 0 aromatic heterocycles. The molecule has 1 N–H and O–H groups in total. The van der Waals surface area contributed by atoms with Crippen molar-refractivity contribution in [2.75, 3.05) is 0 Å². The van der Waals surface area contributed by atoms with Crippen molar-refractivity contribution in [2.24, 2.45) is 5.92 Å². The third kappa shape index (κ3) is 4.45. The zero-order valence-corrected chi connectivity index (χ0v) is 13.8. The lowest BCUT2D eigenvalue weighted by atomic mass is 10.1. The van der Waals surface area contributed by atoms with Gasteiger partial charge in [0.15, 0.2) is 0 Å². The molecular formula is C15H20ClNO3S. The van der Waals surface area contributed by atoms with Gasteiger partial charge in [0.25, 0.3) is 15.0 Å². The first-order valence-electron chi connectivity index (χ1n) is 7.17. The van der Waals surface area contributed by atoms with E-state index in [0.29, 0.717) is 11.1 Å². The Balaban J connectivity index is 2.15. The van der Waals surface area contributed by atoms with E-state index in [-0.39, 0.29) is 16.8 Å². The molecule has 4 nitrogen and oxygen atoms in total. The van der Waals surface area contributed by atoms with Gasteiger partial charge in [-0.25, -0.2) is 8.42 Å². The molecule has 21 heavy (non-hydrogen) atoms. The molecule has 0 aliphatic heterocycles. The maximum Gasteiger partial charge on any atom is 0.261 e. The molecule has 0 bridgehead atoms. The standard InChI is InChI=1S/C15H20ClNO3S/c1-3-13(8-11-5-6-11)17-15(18)12-7-4-10(2)14(9-12)21(16,19)20/h4,7,9,11,13H,3,5-6,8H2,1-2H3,(H,17,18). The van der Waals surface area contributed by atoms with E-state index < -0.39 is 9.05 Å². The van der Waals surface area contributed by atoms with Gasteiger partial charge in [-0.3, -0.25) is 4.79 Å². The highest BCUT2D eigenvalue weighted by Crippen LogP contribution is 2.34. The SMILES string of the molecule is CCC(CC1CC1)NC(=O)c1ccc(C)c(S(=O)(=O)Cl)c1. The van der Waals surface area contributed by atoms with Gasteiger partial charge in [-0.15, -0.1) is 0 Å². The first-order chi connectivity index (χ1) is 9.81. The summed E-state index contributed by atoms with van der Waals surface area (Å²) in [5.41, 5.74) is 0.862. The fourth-order valence-corrected chi connectivity index (χ4v) is 3.58. The molecule has 1 fully saturated rings. The summed E-state index contributed by atoms with van der Waals surface area (Å²) in [5.74, 6) is 0.483. The number of halogens is 1. The summed E-state index contributed by atoms with van der Waals surface area (Å²) in [7, 11) is 1.55. The van der Waals surface area contributed by atoms with Crippen LogP contribution in [0.25, 0.3) is 0 Å². The van der Waals surface area contributed by atoms with Crippen molar-refractivity contribution in [3.05, 3.63) is 29.3 Å². The predicted octanol–water partition coefficient (Wildman–Crippen LogP) is 3.23. The lowest BCUT2D eigenvalue weighted by Crippen LogP contribution is -2.34. The molecule has 0 spiro atoms. The van der Waals surface area contributed by atoms with Crippen molar-refractivity contribution in [1.29, 1.82) is 0 Å². The van der Waals surface area contributed by atoms with Gasteiger partial charge in [0.05, 0.1) is 4.90 Å². The topological polar surface area (TPSA) is 63.2 Å². The van der Waals surface area contributed by atoms with Gasteiger partial charge in [-0.2, -0.15) is 0 Å². The number of benzene rings is 1. The molecule has 1 amide bonds. The Morgan fingerprint density at radius 1 is 1.43 bits per heavy atom. The Morgan fingerprint density at radius 2 is 2.10 bits per heavy atom. The first-order valence-corrected chi connectivity index (χ1v) is 9.48. The molecule has 1 saturated carbocycles. The zero-order valence-electron chi connectivity index (χ0n) is 12.2. The predicted molar refractivity (Wildman–Crippen MR) is 83.1 cm³/mol. The van der Waals surface area contributed by atoms with Crippen molar-refractivity contribution >= 4 is 25.6 Å². The molecule has 1 aliphatic rings. The van der Waals surface area contributed by atoms with E-state index >= 15 is 0 Å². The summed E-state index contributed by atoms with van der Waals surface area (Å²) in [6.45, 7) is 3.69. The van der Waals surface area contributed by atoms with Crippen LogP contribution in [0.5, 0.6) is 0 Å². The molecule has 0 heterocycles. The van der Waals surface area contributed by atoms with Gasteiger partial charge in [-0.05, 0) is 43.4 Å². The molecule has 2 rings (SSSR count). The number of carbonyl (C=O) groups excluding carboxylic acids is 1. The normalized spacial score (nSPS) is 16.5. The number of rotatable bonds is 6. The minimum absolute atomic E-state index is 0.00735. The third-order valence-electron chi connectivity index (χ3n) is 3.86. The van der Waals surface area contributed by atoms with E-state index in [1.807, 2.05) is 6.92 Å². The van der Waals surface area contributed by atoms with Gasteiger partial charge in [0.2, 0.25) is 0 Å². The van der Waals surface area contributed by atoms with E-state index in [0.717, 1.165) is 18.8 Å². The van der Waals surface area contributed by atoms with Crippen LogP contribution < -0.4 is 5.32 Å². The Bertz CT molecular complexity index is 638. The Morgan fingerprint density at radius 3 is 2.62 bits per heavy atom. The highest BCUT2D eigenvalue weighted by molar-refractivity contribution is 8.13. The molecule has 1 aromatic rings. The van der Waals surface area contributed by atoms with Crippen LogP contribution in [0.3, 0.4) is 0 Å². The average Bonchev–Trinajstić information content (AvgIpc) is 3.20. The van der Waals surface area contributed by atoms with E-state index in [4.69, 9.17) is 10.7 Å². The maximum atomic E-state index is 12.3. The second kappa shape index (κ2) is 6.36. The van der Waals surface area contributed by atoms with Crippen LogP contribution in [0.1, 0.15) is 48.5 Å². The Labute approximate surface area is 130 Å². The quantitative estimate of drug-likeness (QED) is 0.815. The smallest absolute Gasteiger partial charge is 0.261 e. The van der Waals surface area contributed by atoms with Gasteiger partial charge in [-0.1, -0.05) is 25.8 Å². The highest BCUT2D eigenvalue weighted by Gasteiger charge is 2.26. The molecular weight excluding hydrogens is 310 g/mol. The molecule has 1 unspecified atom stereocenters. The minimum Gasteiger partial charge on any atom is -0.349 e. The van der Waals surface area contributed by atoms with Crippen LogP contribution in [0.2, 0.25) is 0 Å². The number of carbonyl (C=O) groups is 1. The van der Waals surface area contributed by atoms with Crippen molar-refractivity contribution in [2.45, 2.75) is 50.5 Å². The van der Waals surface area contributed by atoms with Crippen LogP contribution in [-0.4, -0.2) is 20.4 Å². The van der Waals surface area contributed by atoms with E-state index in [1.54, 1.807) is 19.1 Å². The highest BCUT2D eigenvalue weighted by atomic mass is 35.7. The van der Waals surface area contributed by atoms with E-state index in [9.17, 15) is 13.2 Å². The Hall–Kier alpha value is -1.07. The van der Waals surface area contributed by atoms with Gasteiger partial charge >= 0.3 is 0 Å². The van der Waals surface area contributed by atoms with E-state index in [1.165, 1.54) is 18.9 Å². The monoisotopic (exact) mass is 329 g/mol. The van der Waals surface area contributed by atoms with Crippen LogP contribution in [0, 0.1) is 12.8 Å². The number of aryl methyl sites for hydroxylation is 1. The molecule has 6 heteroatoms. The van der Waals surface area contributed by atoms with Crippen molar-refractivity contribution in [3.63, 3.8) is 0 Å². The fraction of sp³-hybridized carbons (Fsp3) is 0.533. The summed E-state index contributed by atoms with van der Waals surface area (Å²) in [4.78, 5) is 12.2.